The average molecular weight is 378 g/mol. The van der Waals surface area contributed by atoms with Crippen LogP contribution in [0.2, 0.25) is 5.15 Å². The van der Waals surface area contributed by atoms with E-state index in [1.165, 1.54) is 38.4 Å². The number of carbonyl (C=O) groups excluding carboxylic acids is 3. The van der Waals surface area contributed by atoms with E-state index in [0.717, 1.165) is 0 Å². The summed E-state index contributed by atoms with van der Waals surface area (Å²) < 4.78 is 10.1. The summed E-state index contributed by atoms with van der Waals surface area (Å²) in [5.74, 6) is -1.14. The summed E-state index contributed by atoms with van der Waals surface area (Å²) >= 11 is 5.70. The van der Waals surface area contributed by atoms with Crippen LogP contribution in [-0.4, -0.2) is 36.5 Å². The summed E-state index contributed by atoms with van der Waals surface area (Å²) in [5.41, 5.74) is 0.992. The number of nitrogens with zero attached hydrogens (tertiary/aromatic N) is 1. The van der Waals surface area contributed by atoms with E-state index in [0.29, 0.717) is 17.1 Å². The van der Waals surface area contributed by atoms with E-state index in [-0.39, 0.29) is 16.6 Å². The van der Waals surface area contributed by atoms with Crippen molar-refractivity contribution in [3.8, 4) is 5.75 Å². The van der Waals surface area contributed by atoms with Crippen LogP contribution < -0.4 is 15.4 Å². The molecule has 0 bridgehead atoms. The predicted octanol–water partition coefficient (Wildman–Crippen LogP) is 2.50. The number of hydrogen-bond donors (Lipinski definition) is 2. The molecule has 2 aromatic rings. The maximum atomic E-state index is 12.0. The van der Waals surface area contributed by atoms with Gasteiger partial charge in [0.1, 0.15) is 10.9 Å². The van der Waals surface area contributed by atoms with Gasteiger partial charge >= 0.3 is 5.97 Å². The number of methoxy groups -OCH3 is 1. The lowest BCUT2D eigenvalue weighted by atomic mass is 10.2. The second-order valence-corrected chi connectivity index (χ2v) is 5.48. The number of esters is 1. The third kappa shape index (κ3) is 5.45. The highest BCUT2D eigenvalue weighted by Crippen LogP contribution is 2.27. The highest BCUT2D eigenvalue weighted by atomic mass is 35.5. The van der Waals surface area contributed by atoms with Crippen LogP contribution in [-0.2, 0) is 14.3 Å². The Morgan fingerprint density at radius 1 is 1.15 bits per heavy atom. The minimum absolute atomic E-state index is 0.142. The fourth-order valence-electron chi connectivity index (χ4n) is 2.02. The normalized spacial score (nSPS) is 9.96. The number of halogens is 1. The van der Waals surface area contributed by atoms with Crippen LogP contribution in [0.15, 0.2) is 36.5 Å². The molecule has 2 rings (SSSR count). The van der Waals surface area contributed by atoms with Gasteiger partial charge in [-0.15, -0.1) is 0 Å². The Hall–Kier alpha value is -3.13. The third-order valence-corrected chi connectivity index (χ3v) is 3.30. The molecule has 0 aliphatic heterocycles. The largest absolute Gasteiger partial charge is 0.495 e. The summed E-state index contributed by atoms with van der Waals surface area (Å²) in [7, 11) is 1.44. The fourth-order valence-corrected chi connectivity index (χ4v) is 2.19. The predicted molar refractivity (Wildman–Crippen MR) is 95.5 cm³/mol. The van der Waals surface area contributed by atoms with E-state index in [9.17, 15) is 14.4 Å². The van der Waals surface area contributed by atoms with E-state index in [1.54, 1.807) is 12.1 Å². The Labute approximate surface area is 154 Å². The van der Waals surface area contributed by atoms with Gasteiger partial charge in [0.05, 0.1) is 18.4 Å². The summed E-state index contributed by atoms with van der Waals surface area (Å²) in [5, 5.41) is 5.30. The lowest BCUT2D eigenvalue weighted by Gasteiger charge is -2.12. The molecule has 0 aliphatic carbocycles. The fraction of sp³-hybridized carbons (Fsp3) is 0.176. The molecule has 0 radical (unpaired) electrons. The molecule has 2 amide bonds. The zero-order valence-corrected chi connectivity index (χ0v) is 14.8. The molecule has 1 aromatic heterocycles. The van der Waals surface area contributed by atoms with Crippen molar-refractivity contribution in [1.29, 1.82) is 0 Å². The molecule has 0 saturated heterocycles. The van der Waals surface area contributed by atoms with Crippen LogP contribution in [0.3, 0.4) is 0 Å². The number of pyridine rings is 1. The second-order valence-electron chi connectivity index (χ2n) is 5.09. The minimum atomic E-state index is -0.705. The first-order valence-electron chi connectivity index (χ1n) is 7.43. The zero-order chi connectivity index (χ0) is 19.1. The van der Waals surface area contributed by atoms with Gasteiger partial charge in [0, 0.05) is 18.8 Å². The molecule has 9 heteroatoms. The Kier molecular flexibility index (Phi) is 6.51. The van der Waals surface area contributed by atoms with Crippen molar-refractivity contribution < 1.29 is 23.9 Å². The molecule has 26 heavy (non-hydrogen) atoms. The Morgan fingerprint density at radius 3 is 2.58 bits per heavy atom. The van der Waals surface area contributed by atoms with Gasteiger partial charge in [-0.25, -0.2) is 9.78 Å². The monoisotopic (exact) mass is 377 g/mol. The second kappa shape index (κ2) is 8.82. The molecule has 0 saturated carbocycles. The van der Waals surface area contributed by atoms with Gasteiger partial charge < -0.3 is 20.1 Å². The molecule has 1 aromatic carbocycles. The van der Waals surface area contributed by atoms with Crippen molar-refractivity contribution >= 4 is 40.8 Å². The van der Waals surface area contributed by atoms with E-state index < -0.39 is 18.5 Å². The van der Waals surface area contributed by atoms with Crippen molar-refractivity contribution in [2.75, 3.05) is 24.4 Å². The third-order valence-electron chi connectivity index (χ3n) is 3.09. The van der Waals surface area contributed by atoms with E-state index in [1.807, 2.05) is 0 Å². The lowest BCUT2D eigenvalue weighted by Crippen LogP contribution is -2.21. The number of ether oxygens (including phenoxy) is 2. The standard InChI is InChI=1S/C17H16ClN3O5/c1-10(22)20-12-3-4-14(25-2)13(8-12)21-16(23)9-26-17(24)11-5-6-19-15(18)7-11/h3-8H,9H2,1-2H3,(H,20,22)(H,21,23). The molecule has 0 unspecified atom stereocenters. The highest BCUT2D eigenvalue weighted by Gasteiger charge is 2.13. The molecule has 0 spiro atoms. The van der Waals surface area contributed by atoms with Crippen molar-refractivity contribution in [3.05, 3.63) is 47.2 Å². The molecule has 0 aliphatic rings. The summed E-state index contributed by atoms with van der Waals surface area (Å²) in [6.45, 7) is 0.861. The molecule has 2 N–H and O–H groups in total. The van der Waals surface area contributed by atoms with E-state index >= 15 is 0 Å². The van der Waals surface area contributed by atoms with Crippen molar-refractivity contribution in [3.63, 3.8) is 0 Å². The number of rotatable bonds is 6. The molecular formula is C17H16ClN3O5. The first kappa shape index (κ1) is 19.2. The van der Waals surface area contributed by atoms with Crippen LogP contribution in [0.1, 0.15) is 17.3 Å². The number of benzene rings is 1. The average Bonchev–Trinajstić information content (AvgIpc) is 2.59. The van der Waals surface area contributed by atoms with Gasteiger partial charge in [-0.05, 0) is 30.3 Å². The van der Waals surface area contributed by atoms with Crippen LogP contribution in [0.25, 0.3) is 0 Å². The topological polar surface area (TPSA) is 107 Å². The maximum absolute atomic E-state index is 12.0. The number of aromatic nitrogens is 1. The van der Waals surface area contributed by atoms with Crippen molar-refractivity contribution in [1.82, 2.24) is 4.98 Å². The Balaban J connectivity index is 2.00. The van der Waals surface area contributed by atoms with Crippen molar-refractivity contribution in [2.24, 2.45) is 0 Å². The molecular weight excluding hydrogens is 362 g/mol. The summed E-state index contributed by atoms with van der Waals surface area (Å²) in [6.07, 6.45) is 1.36. The van der Waals surface area contributed by atoms with Crippen LogP contribution in [0.5, 0.6) is 5.75 Å². The SMILES string of the molecule is COc1ccc(NC(C)=O)cc1NC(=O)COC(=O)c1ccnc(Cl)c1. The Bertz CT molecular complexity index is 841. The van der Waals surface area contributed by atoms with Gasteiger partial charge in [0.15, 0.2) is 6.61 Å². The number of nitrogens with one attached hydrogen (secondary N) is 2. The first-order valence-corrected chi connectivity index (χ1v) is 7.81. The van der Waals surface area contributed by atoms with Gasteiger partial charge in [-0.1, -0.05) is 11.6 Å². The minimum Gasteiger partial charge on any atom is -0.495 e. The molecule has 8 nitrogen and oxygen atoms in total. The molecule has 1 heterocycles. The van der Waals surface area contributed by atoms with Gasteiger partial charge in [-0.2, -0.15) is 0 Å². The van der Waals surface area contributed by atoms with Gasteiger partial charge in [0.2, 0.25) is 5.91 Å². The smallest absolute Gasteiger partial charge is 0.338 e. The van der Waals surface area contributed by atoms with Crippen LogP contribution >= 0.6 is 11.6 Å². The van der Waals surface area contributed by atoms with Gasteiger partial charge in [-0.3, -0.25) is 9.59 Å². The molecule has 0 fully saturated rings. The molecule has 136 valence electrons. The van der Waals surface area contributed by atoms with E-state index in [4.69, 9.17) is 21.1 Å². The first-order chi connectivity index (χ1) is 12.4. The number of carbonyl (C=O) groups is 3. The van der Waals surface area contributed by atoms with Crippen LogP contribution in [0, 0.1) is 0 Å². The summed E-state index contributed by atoms with van der Waals surface area (Å²) in [6, 6.07) is 7.51. The number of hydrogen-bond acceptors (Lipinski definition) is 6. The Morgan fingerprint density at radius 2 is 1.92 bits per heavy atom. The molecule has 0 atom stereocenters. The quantitative estimate of drug-likeness (QED) is 0.591. The number of anilines is 2. The van der Waals surface area contributed by atoms with Crippen LogP contribution in [0.4, 0.5) is 11.4 Å². The summed E-state index contributed by atoms with van der Waals surface area (Å²) in [4.78, 5) is 38.8. The number of amides is 2. The van der Waals surface area contributed by atoms with Crippen molar-refractivity contribution in [2.45, 2.75) is 6.92 Å². The lowest BCUT2D eigenvalue weighted by molar-refractivity contribution is -0.119. The van der Waals surface area contributed by atoms with Gasteiger partial charge in [0.25, 0.3) is 5.91 Å². The maximum Gasteiger partial charge on any atom is 0.338 e. The highest BCUT2D eigenvalue weighted by molar-refractivity contribution is 6.29. The van der Waals surface area contributed by atoms with E-state index in [2.05, 4.69) is 15.6 Å². The zero-order valence-electron chi connectivity index (χ0n) is 14.0.